The minimum atomic E-state index is -4.27. The lowest BCUT2D eigenvalue weighted by Crippen LogP contribution is -2.40. The van der Waals surface area contributed by atoms with Crippen molar-refractivity contribution in [2.75, 3.05) is 19.0 Å². The van der Waals surface area contributed by atoms with E-state index in [-0.39, 0.29) is 0 Å². The molecule has 0 aliphatic carbocycles. The zero-order valence-electron chi connectivity index (χ0n) is 15.1. The van der Waals surface area contributed by atoms with Crippen LogP contribution in [0.2, 0.25) is 0 Å². The summed E-state index contributed by atoms with van der Waals surface area (Å²) in [6.07, 6.45) is 0. The summed E-state index contributed by atoms with van der Waals surface area (Å²) in [4.78, 5) is 23.3. The molecule has 1 atom stereocenters. The highest BCUT2D eigenvalue weighted by atomic mass is 32.2. The molecular weight excluding hydrogens is 391 g/mol. The molecule has 0 bridgehead atoms. The first kappa shape index (κ1) is 21.3. The molecule has 0 aliphatic heterocycles. The molecule has 10 heteroatoms. The Bertz CT molecular complexity index is 964. The first-order valence-corrected chi connectivity index (χ1v) is 9.59. The fraction of sp³-hybridized carbons (Fsp3) is 0.222. The lowest BCUT2D eigenvalue weighted by molar-refractivity contribution is -0.148. The monoisotopic (exact) mass is 410 g/mol. The number of esters is 1. The predicted molar refractivity (Wildman–Crippen MR) is 98.8 cm³/mol. The first-order chi connectivity index (χ1) is 13.2. The molecule has 1 amide bonds. The first-order valence-electron chi connectivity index (χ1n) is 8.11. The van der Waals surface area contributed by atoms with Crippen LogP contribution in [0.25, 0.3) is 0 Å². The van der Waals surface area contributed by atoms with Crippen LogP contribution in [0.1, 0.15) is 6.92 Å². The smallest absolute Gasteiger partial charge is 0.324 e. The number of benzene rings is 2. The van der Waals surface area contributed by atoms with Gasteiger partial charge in [0.05, 0.1) is 12.8 Å². The highest BCUT2D eigenvalue weighted by Crippen LogP contribution is 2.22. The van der Waals surface area contributed by atoms with Crippen molar-refractivity contribution in [3.05, 3.63) is 54.3 Å². The molecule has 2 rings (SSSR count). The zero-order chi connectivity index (χ0) is 20.7. The Kier molecular flexibility index (Phi) is 7.07. The Morgan fingerprint density at radius 2 is 1.75 bits per heavy atom. The van der Waals surface area contributed by atoms with Gasteiger partial charge in [-0.15, -0.1) is 0 Å². The van der Waals surface area contributed by atoms with Gasteiger partial charge in [-0.1, -0.05) is 24.3 Å². The molecule has 2 N–H and O–H groups in total. The van der Waals surface area contributed by atoms with Crippen LogP contribution in [0.3, 0.4) is 0 Å². The summed E-state index contributed by atoms with van der Waals surface area (Å²) in [5.74, 6) is -2.16. The third-order valence-corrected chi connectivity index (χ3v) is 5.11. The van der Waals surface area contributed by atoms with E-state index in [1.54, 1.807) is 24.3 Å². The van der Waals surface area contributed by atoms with Crippen molar-refractivity contribution in [3.63, 3.8) is 0 Å². The number of nitrogens with one attached hydrogen (secondary N) is 2. The number of halogens is 1. The van der Waals surface area contributed by atoms with E-state index in [2.05, 4.69) is 5.32 Å². The average Bonchev–Trinajstić information content (AvgIpc) is 2.66. The van der Waals surface area contributed by atoms with Gasteiger partial charge in [-0.2, -0.15) is 4.72 Å². The summed E-state index contributed by atoms with van der Waals surface area (Å²) in [6.45, 7) is 0.585. The van der Waals surface area contributed by atoms with Gasteiger partial charge in [0.25, 0.3) is 5.91 Å². The van der Waals surface area contributed by atoms with Crippen molar-refractivity contribution in [1.29, 1.82) is 0 Å². The average molecular weight is 410 g/mol. The van der Waals surface area contributed by atoms with Crippen LogP contribution in [0.4, 0.5) is 10.1 Å². The van der Waals surface area contributed by atoms with Crippen molar-refractivity contribution in [2.24, 2.45) is 0 Å². The Morgan fingerprint density at radius 1 is 1.11 bits per heavy atom. The fourth-order valence-corrected chi connectivity index (χ4v) is 3.47. The zero-order valence-corrected chi connectivity index (χ0v) is 16.0. The Labute approximate surface area is 161 Å². The number of carbonyl (C=O) groups excluding carboxylic acids is 2. The van der Waals surface area contributed by atoms with Crippen molar-refractivity contribution in [1.82, 2.24) is 4.72 Å². The van der Waals surface area contributed by atoms with Crippen molar-refractivity contribution >= 4 is 27.6 Å². The van der Waals surface area contributed by atoms with Gasteiger partial charge in [0.1, 0.15) is 22.5 Å². The SMILES string of the molecule is COc1ccccc1NC(=O)COC(=O)[C@H](C)NS(=O)(=O)c1ccccc1F. The number of carbonyl (C=O) groups is 2. The third kappa shape index (κ3) is 5.51. The van der Waals surface area contributed by atoms with Crippen LogP contribution in [-0.4, -0.2) is 40.1 Å². The minimum Gasteiger partial charge on any atom is -0.495 e. The van der Waals surface area contributed by atoms with Crippen molar-refractivity contribution in [2.45, 2.75) is 17.9 Å². The molecule has 0 aromatic heterocycles. The van der Waals surface area contributed by atoms with Gasteiger partial charge in [-0.05, 0) is 31.2 Å². The standard InChI is InChI=1S/C18H19FN2O6S/c1-12(21-28(24,25)16-10-6-3-7-13(16)19)18(23)27-11-17(22)20-14-8-4-5-9-15(14)26-2/h3-10,12,21H,11H2,1-2H3,(H,20,22)/t12-/m0/s1. The molecule has 0 saturated heterocycles. The molecular formula is C18H19FN2O6S. The van der Waals surface area contributed by atoms with E-state index in [1.807, 2.05) is 4.72 Å². The summed E-state index contributed by atoms with van der Waals surface area (Å²) in [5, 5.41) is 2.51. The van der Waals surface area contributed by atoms with Crippen LogP contribution in [0.5, 0.6) is 5.75 Å². The normalized spacial score (nSPS) is 12.1. The molecule has 0 aliphatic rings. The van der Waals surface area contributed by atoms with Gasteiger partial charge in [0.2, 0.25) is 10.0 Å². The molecule has 0 saturated carbocycles. The van der Waals surface area contributed by atoms with Gasteiger partial charge in [0.15, 0.2) is 6.61 Å². The summed E-state index contributed by atoms with van der Waals surface area (Å²) in [6, 6.07) is 10.1. The number of anilines is 1. The second-order valence-electron chi connectivity index (χ2n) is 5.63. The van der Waals surface area contributed by atoms with E-state index in [4.69, 9.17) is 9.47 Å². The lowest BCUT2D eigenvalue weighted by atomic mass is 10.3. The predicted octanol–water partition coefficient (Wildman–Crippen LogP) is 1.68. The second-order valence-corrected chi connectivity index (χ2v) is 7.31. The van der Waals surface area contributed by atoms with Crippen molar-refractivity contribution < 1.29 is 31.9 Å². The van der Waals surface area contributed by atoms with Gasteiger partial charge in [-0.25, -0.2) is 12.8 Å². The summed E-state index contributed by atoms with van der Waals surface area (Å²) in [7, 11) is -2.84. The van der Waals surface area contributed by atoms with Crippen molar-refractivity contribution in [3.8, 4) is 5.75 Å². The number of methoxy groups -OCH3 is 1. The number of sulfonamides is 1. The number of para-hydroxylation sites is 2. The summed E-state index contributed by atoms with van der Waals surface area (Å²) in [5.41, 5.74) is 0.388. The van der Waals surface area contributed by atoms with Gasteiger partial charge >= 0.3 is 5.97 Å². The van der Waals surface area contributed by atoms with Gasteiger partial charge in [-0.3, -0.25) is 9.59 Å². The number of rotatable bonds is 8. The molecule has 0 heterocycles. The number of amides is 1. The van der Waals surface area contributed by atoms with Crippen LogP contribution in [0.15, 0.2) is 53.4 Å². The maximum absolute atomic E-state index is 13.7. The van der Waals surface area contributed by atoms with E-state index in [0.29, 0.717) is 11.4 Å². The second kappa shape index (κ2) is 9.29. The molecule has 2 aromatic carbocycles. The minimum absolute atomic E-state index is 0.388. The highest BCUT2D eigenvalue weighted by molar-refractivity contribution is 7.89. The topological polar surface area (TPSA) is 111 Å². The van der Waals surface area contributed by atoms with E-state index in [0.717, 1.165) is 12.1 Å². The van der Waals surface area contributed by atoms with E-state index >= 15 is 0 Å². The Hall–Kier alpha value is -2.98. The quantitative estimate of drug-likeness (QED) is 0.641. The molecule has 0 radical (unpaired) electrons. The molecule has 0 spiro atoms. The number of hydrogen-bond donors (Lipinski definition) is 2. The van der Waals surface area contributed by atoms with Crippen LogP contribution < -0.4 is 14.8 Å². The van der Waals surface area contributed by atoms with Gasteiger partial charge in [0, 0.05) is 0 Å². The molecule has 0 unspecified atom stereocenters. The third-order valence-electron chi connectivity index (χ3n) is 3.54. The largest absolute Gasteiger partial charge is 0.495 e. The molecule has 2 aromatic rings. The molecule has 0 fully saturated rings. The molecule has 28 heavy (non-hydrogen) atoms. The lowest BCUT2D eigenvalue weighted by Gasteiger charge is -2.14. The van der Waals surface area contributed by atoms with E-state index < -0.39 is 45.3 Å². The molecule has 8 nitrogen and oxygen atoms in total. The van der Waals surface area contributed by atoms with Crippen LogP contribution >= 0.6 is 0 Å². The summed E-state index contributed by atoms with van der Waals surface area (Å²) < 4.78 is 49.9. The Morgan fingerprint density at radius 3 is 2.43 bits per heavy atom. The Balaban J connectivity index is 1.92. The van der Waals surface area contributed by atoms with E-state index in [1.165, 1.54) is 26.2 Å². The number of hydrogen-bond acceptors (Lipinski definition) is 6. The van der Waals surface area contributed by atoms with Crippen LogP contribution in [0, 0.1) is 5.82 Å². The van der Waals surface area contributed by atoms with Crippen LogP contribution in [-0.2, 0) is 24.3 Å². The fourth-order valence-electron chi connectivity index (χ4n) is 2.20. The maximum Gasteiger partial charge on any atom is 0.324 e. The molecule has 150 valence electrons. The van der Waals surface area contributed by atoms with E-state index in [9.17, 15) is 22.4 Å². The maximum atomic E-state index is 13.7. The van der Waals surface area contributed by atoms with Gasteiger partial charge < -0.3 is 14.8 Å². The highest BCUT2D eigenvalue weighted by Gasteiger charge is 2.25. The summed E-state index contributed by atoms with van der Waals surface area (Å²) >= 11 is 0. The number of ether oxygens (including phenoxy) is 2.